The second-order valence-corrected chi connectivity index (χ2v) is 14.6. The first-order chi connectivity index (χ1) is 24.6. The van der Waals surface area contributed by atoms with Crippen LogP contribution in [0.25, 0.3) is 11.0 Å². The summed E-state index contributed by atoms with van der Waals surface area (Å²) in [6.45, 7) is -0.379. The maximum atomic E-state index is 14.2. The zero-order valence-electron chi connectivity index (χ0n) is 27.9. The van der Waals surface area contributed by atoms with Crippen molar-refractivity contribution in [3.63, 3.8) is 0 Å². The number of hydrogen-bond acceptors (Lipinski definition) is 10. The first kappa shape index (κ1) is 35.9. The third-order valence-corrected chi connectivity index (χ3v) is 12.4. The minimum absolute atomic E-state index is 0.0884. The van der Waals surface area contributed by atoms with Gasteiger partial charge < -0.3 is 23.9 Å². The van der Waals surface area contributed by atoms with E-state index in [-0.39, 0.29) is 42.3 Å². The molecule has 7 rings (SSSR count). The van der Waals surface area contributed by atoms with Gasteiger partial charge in [-0.15, -0.1) is 23.2 Å². The highest BCUT2D eigenvalue weighted by Crippen LogP contribution is 2.64. The average molecular weight is 793 g/mol. The molecule has 1 saturated carbocycles. The molecule has 1 fully saturated rings. The third-order valence-electron chi connectivity index (χ3n) is 10.2. The number of Topliss-reactive ketones (excluding diaryl/α,β-unsaturated/α-hetero) is 2. The molecule has 3 aliphatic rings. The van der Waals surface area contributed by atoms with Crippen LogP contribution in [-0.2, 0) is 36.1 Å². The standard InChI is InChI=1S/C34H29Cl4N5O9/c1-40-20-13-24(52-4)23(51-3)12-19(20)39-18(30(40)47)8-9-41-31(48)42-10-7-16-21(43(42)32(41)49)14-33(37)28(45)26(35)27(36)29(46)34(33,38)25(16)17-6-5-15(50-2)11-22(17)44/h5-7,11-13,21,25,44H,8-10,14H2,1-4H3. The predicted octanol–water partition coefficient (Wildman–Crippen LogP) is 3.50. The molecule has 2 aromatic heterocycles. The van der Waals surface area contributed by atoms with Crippen LogP contribution in [-0.4, -0.2) is 71.2 Å². The molecule has 0 amide bonds. The fraction of sp³-hybridized carbons (Fsp3) is 0.353. The molecule has 0 bridgehead atoms. The number of rotatable bonds is 7. The van der Waals surface area contributed by atoms with E-state index in [9.17, 15) is 29.1 Å². The van der Waals surface area contributed by atoms with E-state index in [0.29, 0.717) is 28.1 Å². The average Bonchev–Trinajstić information content (AvgIpc) is 3.38. The number of nitrogens with zero attached hydrogens (tertiary/aromatic N) is 5. The quantitative estimate of drug-likeness (QED) is 0.216. The molecule has 3 heterocycles. The largest absolute Gasteiger partial charge is 0.508 e. The Morgan fingerprint density at radius 2 is 1.60 bits per heavy atom. The van der Waals surface area contributed by atoms with Gasteiger partial charge in [0, 0.05) is 56.1 Å². The van der Waals surface area contributed by atoms with Gasteiger partial charge in [0.2, 0.25) is 0 Å². The van der Waals surface area contributed by atoms with Gasteiger partial charge >= 0.3 is 11.4 Å². The van der Waals surface area contributed by atoms with Gasteiger partial charge in [-0.25, -0.2) is 28.5 Å². The molecule has 1 N–H and O–H groups in total. The lowest BCUT2D eigenvalue weighted by atomic mass is 9.59. The van der Waals surface area contributed by atoms with Gasteiger partial charge in [-0.2, -0.15) is 0 Å². The van der Waals surface area contributed by atoms with Crippen molar-refractivity contribution in [2.24, 2.45) is 7.05 Å². The van der Waals surface area contributed by atoms with Crippen LogP contribution in [0.4, 0.5) is 0 Å². The highest BCUT2D eigenvalue weighted by molar-refractivity contribution is 6.66. The predicted molar refractivity (Wildman–Crippen MR) is 192 cm³/mol. The monoisotopic (exact) mass is 791 g/mol. The van der Waals surface area contributed by atoms with Crippen molar-refractivity contribution < 1.29 is 28.9 Å². The van der Waals surface area contributed by atoms with Gasteiger partial charge in [0.25, 0.3) is 5.56 Å². The number of phenolic OH excluding ortho intramolecular Hbond substituents is 1. The Bertz CT molecular complexity index is 2500. The summed E-state index contributed by atoms with van der Waals surface area (Å²) in [7, 11) is 5.91. The smallest absolute Gasteiger partial charge is 0.347 e. The summed E-state index contributed by atoms with van der Waals surface area (Å²) >= 11 is 26.9. The van der Waals surface area contributed by atoms with E-state index in [4.69, 9.17) is 60.6 Å². The normalized spacial score (nSPS) is 24.0. The van der Waals surface area contributed by atoms with Crippen molar-refractivity contribution in [2.45, 2.75) is 47.6 Å². The molecule has 4 aromatic rings. The minimum Gasteiger partial charge on any atom is -0.508 e. The number of aromatic nitrogens is 5. The summed E-state index contributed by atoms with van der Waals surface area (Å²) in [5.74, 6) is -2.47. The molecule has 52 heavy (non-hydrogen) atoms. The van der Waals surface area contributed by atoms with Gasteiger partial charge in [-0.3, -0.25) is 14.4 Å². The minimum atomic E-state index is -2.31. The number of aromatic hydroxyl groups is 1. The number of hydrogen-bond donors (Lipinski definition) is 1. The molecule has 4 unspecified atom stereocenters. The number of ether oxygens (including phenoxy) is 3. The van der Waals surface area contributed by atoms with Crippen molar-refractivity contribution >= 4 is 69.0 Å². The van der Waals surface area contributed by atoms with E-state index in [1.165, 1.54) is 48.8 Å². The van der Waals surface area contributed by atoms with E-state index in [1.807, 2.05) is 0 Å². The van der Waals surface area contributed by atoms with Crippen LogP contribution in [0.1, 0.15) is 29.6 Å². The second-order valence-electron chi connectivity index (χ2n) is 12.6. The van der Waals surface area contributed by atoms with Crippen LogP contribution in [0.2, 0.25) is 0 Å². The highest BCUT2D eigenvalue weighted by Gasteiger charge is 2.71. The number of carbonyl (C=O) groups excluding carboxylic acids is 2. The van der Waals surface area contributed by atoms with E-state index >= 15 is 0 Å². The van der Waals surface area contributed by atoms with Crippen LogP contribution in [0.5, 0.6) is 23.0 Å². The number of phenols is 1. The number of benzene rings is 2. The summed E-state index contributed by atoms with van der Waals surface area (Å²) in [5.41, 5.74) is -0.498. The van der Waals surface area contributed by atoms with Crippen molar-refractivity contribution in [1.29, 1.82) is 0 Å². The molecule has 4 atom stereocenters. The van der Waals surface area contributed by atoms with Crippen molar-refractivity contribution in [3.8, 4) is 23.0 Å². The van der Waals surface area contributed by atoms with Gasteiger partial charge in [-0.1, -0.05) is 35.3 Å². The van der Waals surface area contributed by atoms with Crippen LogP contribution >= 0.6 is 46.4 Å². The molecule has 14 nitrogen and oxygen atoms in total. The molecular formula is C34H29Cl4N5O9. The Labute approximate surface area is 313 Å². The molecule has 0 saturated heterocycles. The van der Waals surface area contributed by atoms with Gasteiger partial charge in [0.05, 0.1) is 44.9 Å². The summed E-state index contributed by atoms with van der Waals surface area (Å²) in [5, 5.41) is 9.98. The number of methoxy groups -OCH3 is 3. The van der Waals surface area contributed by atoms with Crippen molar-refractivity contribution in [2.75, 3.05) is 21.3 Å². The summed E-state index contributed by atoms with van der Waals surface area (Å²) in [4.78, 5) is 69.2. The van der Waals surface area contributed by atoms with Crippen molar-refractivity contribution in [1.82, 2.24) is 23.5 Å². The number of halogens is 4. The van der Waals surface area contributed by atoms with Gasteiger partial charge in [0.1, 0.15) is 37.0 Å². The Kier molecular flexibility index (Phi) is 8.68. The Hall–Kier alpha value is -4.50. The number of ketones is 2. The Morgan fingerprint density at radius 1 is 0.923 bits per heavy atom. The lowest BCUT2D eigenvalue weighted by Gasteiger charge is -2.54. The molecule has 1 aliphatic heterocycles. The zero-order chi connectivity index (χ0) is 37.6. The van der Waals surface area contributed by atoms with Gasteiger partial charge in [0.15, 0.2) is 23.1 Å². The summed E-state index contributed by atoms with van der Waals surface area (Å²) in [6.07, 6.45) is 1.07. The van der Waals surface area contributed by atoms with E-state index in [0.717, 1.165) is 9.25 Å². The SMILES string of the molecule is COc1ccc(C2C3=CCn4c(=O)n(CCc5nc6cc(OC)c(OC)cc6n(C)c5=O)c(=O)n4C3CC3(Cl)C(=O)C(Cl)=C(Cl)C(=O)C23Cl)c(O)c1. The fourth-order valence-electron chi connectivity index (χ4n) is 7.54. The summed E-state index contributed by atoms with van der Waals surface area (Å²) < 4.78 is 20.6. The molecule has 272 valence electrons. The van der Waals surface area contributed by atoms with E-state index in [2.05, 4.69) is 4.98 Å². The van der Waals surface area contributed by atoms with Gasteiger partial charge in [-0.05, 0) is 11.6 Å². The van der Waals surface area contributed by atoms with Crippen LogP contribution in [0.15, 0.2) is 66.4 Å². The first-order valence-corrected chi connectivity index (χ1v) is 17.3. The molecule has 0 spiro atoms. The zero-order valence-corrected chi connectivity index (χ0v) is 30.9. The Morgan fingerprint density at radius 3 is 2.25 bits per heavy atom. The fourth-order valence-corrected chi connectivity index (χ4v) is 9.05. The van der Waals surface area contributed by atoms with Crippen LogP contribution < -0.4 is 31.1 Å². The number of carbonyl (C=O) groups is 2. The van der Waals surface area contributed by atoms with Crippen LogP contribution in [0, 0.1) is 0 Å². The lowest BCUT2D eigenvalue weighted by Crippen LogP contribution is -2.67. The number of alkyl halides is 2. The van der Waals surface area contributed by atoms with Crippen LogP contribution in [0.3, 0.4) is 0 Å². The van der Waals surface area contributed by atoms with E-state index < -0.39 is 66.7 Å². The molecular weight excluding hydrogens is 764 g/mol. The second kappa shape index (κ2) is 12.6. The third kappa shape index (κ3) is 4.84. The molecule has 2 aromatic carbocycles. The maximum Gasteiger partial charge on any atom is 0.347 e. The van der Waals surface area contributed by atoms with Crippen molar-refractivity contribution in [3.05, 3.63) is 94.6 Å². The lowest BCUT2D eigenvalue weighted by molar-refractivity contribution is -0.128. The first-order valence-electron chi connectivity index (χ1n) is 15.8. The maximum absolute atomic E-state index is 14.2. The Balaban J connectivity index is 1.34. The molecule has 18 heteroatoms. The number of fused-ring (bicyclic) bond motifs is 5. The molecule has 0 radical (unpaired) electrons. The topological polar surface area (TPSA) is 166 Å². The highest BCUT2D eigenvalue weighted by atomic mass is 35.5. The number of allylic oxidation sites excluding steroid dienone is 4. The van der Waals surface area contributed by atoms with E-state index in [1.54, 1.807) is 25.3 Å². The number of aryl methyl sites for hydroxylation is 2. The molecule has 2 aliphatic carbocycles. The summed E-state index contributed by atoms with van der Waals surface area (Å²) in [6, 6.07) is 6.42.